The van der Waals surface area contributed by atoms with Crippen LogP contribution in [0.5, 0.6) is 0 Å². The predicted octanol–water partition coefficient (Wildman–Crippen LogP) is 15.2. The molecule has 0 aliphatic heterocycles. The highest BCUT2D eigenvalue weighted by Crippen LogP contribution is 2.37. The zero-order valence-electron chi connectivity index (χ0n) is 33.4. The van der Waals surface area contributed by atoms with Crippen LogP contribution in [-0.2, 0) is 0 Å². The number of rotatable bonds is 8. The Morgan fingerprint density at radius 1 is 0.246 bits per heavy atom. The molecular formula is C58H39N3. The minimum absolute atomic E-state index is 0.690. The molecule has 3 nitrogen and oxygen atoms in total. The van der Waals surface area contributed by atoms with Crippen LogP contribution in [-0.4, -0.2) is 14.5 Å². The van der Waals surface area contributed by atoms with E-state index in [4.69, 9.17) is 9.97 Å². The number of fused-ring (bicyclic) bond motifs is 3. The molecule has 9 aromatic carbocycles. The largest absolute Gasteiger partial charge is 0.309 e. The highest BCUT2D eigenvalue weighted by atomic mass is 15.0. The smallest absolute Gasteiger partial charge is 0.160 e. The summed E-state index contributed by atoms with van der Waals surface area (Å²) in [5.74, 6) is 0.690. The van der Waals surface area contributed by atoms with Crippen molar-refractivity contribution < 1.29 is 0 Å². The third-order valence-electron chi connectivity index (χ3n) is 11.6. The molecule has 2 aromatic heterocycles. The third-order valence-corrected chi connectivity index (χ3v) is 11.6. The third kappa shape index (κ3) is 6.98. The van der Waals surface area contributed by atoms with Gasteiger partial charge in [-0.3, -0.25) is 0 Å². The van der Waals surface area contributed by atoms with E-state index in [-0.39, 0.29) is 0 Å². The van der Waals surface area contributed by atoms with Crippen LogP contribution in [0.25, 0.3) is 106 Å². The Bertz CT molecular complexity index is 3210. The van der Waals surface area contributed by atoms with Crippen LogP contribution in [0.15, 0.2) is 237 Å². The van der Waals surface area contributed by atoms with Gasteiger partial charge in [-0.15, -0.1) is 0 Å². The molecule has 61 heavy (non-hydrogen) atoms. The summed E-state index contributed by atoms with van der Waals surface area (Å²) in [5.41, 5.74) is 17.7. The number of hydrogen-bond donors (Lipinski definition) is 0. The highest BCUT2D eigenvalue weighted by Gasteiger charge is 2.15. The van der Waals surface area contributed by atoms with E-state index < -0.39 is 0 Å². The summed E-state index contributed by atoms with van der Waals surface area (Å²) in [4.78, 5) is 10.4. The first-order valence-electron chi connectivity index (χ1n) is 20.7. The minimum atomic E-state index is 0.690. The van der Waals surface area contributed by atoms with Crippen molar-refractivity contribution in [3.05, 3.63) is 237 Å². The van der Waals surface area contributed by atoms with Crippen molar-refractivity contribution in [3.8, 4) is 84.1 Å². The maximum atomic E-state index is 5.23. The zero-order valence-corrected chi connectivity index (χ0v) is 33.4. The van der Waals surface area contributed by atoms with Gasteiger partial charge < -0.3 is 4.57 Å². The molecule has 0 amide bonds. The first-order chi connectivity index (χ1) is 30.2. The molecule has 0 fully saturated rings. The molecule has 0 unspecified atom stereocenters. The van der Waals surface area contributed by atoms with Gasteiger partial charge in [0, 0.05) is 33.2 Å². The normalized spacial score (nSPS) is 11.3. The van der Waals surface area contributed by atoms with Crippen molar-refractivity contribution in [1.29, 1.82) is 0 Å². The molecule has 0 saturated carbocycles. The molecule has 0 bridgehead atoms. The van der Waals surface area contributed by atoms with Gasteiger partial charge in [-0.25, -0.2) is 9.97 Å². The van der Waals surface area contributed by atoms with Crippen molar-refractivity contribution >= 4 is 21.8 Å². The molecule has 0 spiro atoms. The standard InChI is InChI=1S/C58H39N3/c1-4-14-40(15-5-1)42-26-30-44(31-27-42)54-39-55(60-58(59-54)45-32-28-43(29-33-45)41-16-6-2-7-17-41)50-21-13-20-48(37-50)46-18-12-19-47(36-46)49-34-35-57-53(38-49)52-24-10-11-25-56(52)61(57)51-22-8-3-9-23-51/h1-39H. The van der Waals surface area contributed by atoms with E-state index >= 15 is 0 Å². The van der Waals surface area contributed by atoms with Crippen molar-refractivity contribution in [3.63, 3.8) is 0 Å². The first-order valence-corrected chi connectivity index (χ1v) is 20.7. The topological polar surface area (TPSA) is 30.7 Å². The molecule has 2 heterocycles. The summed E-state index contributed by atoms with van der Waals surface area (Å²) in [6, 6.07) is 84.0. The Labute approximate surface area is 355 Å². The Hall–Kier alpha value is -8.14. The van der Waals surface area contributed by atoms with Gasteiger partial charge in [0.15, 0.2) is 5.82 Å². The van der Waals surface area contributed by atoms with E-state index in [0.717, 1.165) is 50.5 Å². The lowest BCUT2D eigenvalue weighted by Gasteiger charge is -2.12. The van der Waals surface area contributed by atoms with Crippen LogP contribution in [0.4, 0.5) is 0 Å². The summed E-state index contributed by atoms with van der Waals surface area (Å²) in [5, 5.41) is 2.49. The maximum absolute atomic E-state index is 5.23. The van der Waals surface area contributed by atoms with Crippen LogP contribution in [0, 0.1) is 0 Å². The van der Waals surface area contributed by atoms with Crippen LogP contribution < -0.4 is 0 Å². The average molecular weight is 778 g/mol. The Balaban J connectivity index is 0.971. The summed E-state index contributed by atoms with van der Waals surface area (Å²) < 4.78 is 2.36. The summed E-state index contributed by atoms with van der Waals surface area (Å²) in [6.45, 7) is 0. The van der Waals surface area contributed by atoms with Crippen molar-refractivity contribution in [1.82, 2.24) is 14.5 Å². The van der Waals surface area contributed by atoms with Gasteiger partial charge in [0.25, 0.3) is 0 Å². The van der Waals surface area contributed by atoms with Gasteiger partial charge in [-0.05, 0) is 93.0 Å². The van der Waals surface area contributed by atoms with Gasteiger partial charge in [0.05, 0.1) is 22.4 Å². The monoisotopic (exact) mass is 777 g/mol. The summed E-state index contributed by atoms with van der Waals surface area (Å²) in [7, 11) is 0. The number of nitrogens with zero attached hydrogens (tertiary/aromatic N) is 3. The van der Waals surface area contributed by atoms with Crippen LogP contribution in [0.1, 0.15) is 0 Å². The maximum Gasteiger partial charge on any atom is 0.160 e. The van der Waals surface area contributed by atoms with E-state index in [1.54, 1.807) is 0 Å². The van der Waals surface area contributed by atoms with Crippen molar-refractivity contribution in [2.75, 3.05) is 0 Å². The van der Waals surface area contributed by atoms with E-state index in [2.05, 4.69) is 229 Å². The fourth-order valence-corrected chi connectivity index (χ4v) is 8.52. The second kappa shape index (κ2) is 15.6. The Kier molecular flexibility index (Phi) is 9.18. The van der Waals surface area contributed by atoms with E-state index in [1.165, 1.54) is 49.6 Å². The molecule has 0 N–H and O–H groups in total. The van der Waals surface area contributed by atoms with Crippen LogP contribution >= 0.6 is 0 Å². The second-order valence-corrected chi connectivity index (χ2v) is 15.4. The fourth-order valence-electron chi connectivity index (χ4n) is 8.52. The summed E-state index contributed by atoms with van der Waals surface area (Å²) >= 11 is 0. The van der Waals surface area contributed by atoms with Gasteiger partial charge >= 0.3 is 0 Å². The lowest BCUT2D eigenvalue weighted by Crippen LogP contribution is -1.96. The van der Waals surface area contributed by atoms with Gasteiger partial charge in [-0.2, -0.15) is 0 Å². The fraction of sp³-hybridized carbons (Fsp3) is 0. The molecule has 3 heteroatoms. The molecule has 0 radical (unpaired) electrons. The minimum Gasteiger partial charge on any atom is -0.309 e. The van der Waals surface area contributed by atoms with E-state index in [1.807, 2.05) is 12.1 Å². The van der Waals surface area contributed by atoms with Crippen LogP contribution in [0.3, 0.4) is 0 Å². The van der Waals surface area contributed by atoms with E-state index in [9.17, 15) is 0 Å². The van der Waals surface area contributed by atoms with Gasteiger partial charge in [0.1, 0.15) is 0 Å². The number of benzene rings is 9. The summed E-state index contributed by atoms with van der Waals surface area (Å²) in [6.07, 6.45) is 0. The molecule has 0 saturated heterocycles. The SMILES string of the molecule is c1ccc(-c2ccc(-c3cc(-c4cccc(-c5cccc(-c6ccc7c(c6)c6ccccc6n7-c6ccccc6)c5)c4)nc(-c4ccc(-c5ccccc5)cc4)n3)cc2)cc1. The van der Waals surface area contributed by atoms with Crippen molar-refractivity contribution in [2.45, 2.75) is 0 Å². The Morgan fingerprint density at radius 2 is 0.656 bits per heavy atom. The highest BCUT2D eigenvalue weighted by molar-refractivity contribution is 6.10. The predicted molar refractivity (Wildman–Crippen MR) is 254 cm³/mol. The average Bonchev–Trinajstić information content (AvgIpc) is 3.68. The molecule has 0 atom stereocenters. The molecule has 0 aliphatic carbocycles. The molecule has 11 rings (SSSR count). The quantitative estimate of drug-likeness (QED) is 0.154. The van der Waals surface area contributed by atoms with Gasteiger partial charge in [0.2, 0.25) is 0 Å². The Morgan fingerprint density at radius 3 is 1.28 bits per heavy atom. The first kappa shape index (κ1) is 36.0. The zero-order chi connectivity index (χ0) is 40.5. The van der Waals surface area contributed by atoms with Gasteiger partial charge in [-0.1, -0.05) is 188 Å². The molecule has 11 aromatic rings. The molecule has 286 valence electrons. The molecular weight excluding hydrogens is 739 g/mol. The van der Waals surface area contributed by atoms with Crippen LogP contribution in [0.2, 0.25) is 0 Å². The second-order valence-electron chi connectivity index (χ2n) is 15.4. The lowest BCUT2D eigenvalue weighted by molar-refractivity contribution is 1.18. The van der Waals surface area contributed by atoms with Crippen molar-refractivity contribution in [2.24, 2.45) is 0 Å². The number of aromatic nitrogens is 3. The number of hydrogen-bond acceptors (Lipinski definition) is 2. The number of para-hydroxylation sites is 2. The lowest BCUT2D eigenvalue weighted by atomic mass is 9.96. The molecule has 0 aliphatic rings. The van der Waals surface area contributed by atoms with E-state index in [0.29, 0.717) is 5.82 Å².